The predicted molar refractivity (Wildman–Crippen MR) is 62.4 cm³/mol. The number of hydrogen-bond donors (Lipinski definition) is 1. The van der Waals surface area contributed by atoms with E-state index in [-0.39, 0.29) is 17.7 Å². The Bertz CT molecular complexity index is 522. The van der Waals surface area contributed by atoms with Gasteiger partial charge < -0.3 is 9.52 Å². The molecule has 1 aliphatic heterocycles. The van der Waals surface area contributed by atoms with Gasteiger partial charge in [0.25, 0.3) is 10.0 Å². The van der Waals surface area contributed by atoms with Gasteiger partial charge in [-0.05, 0) is 31.9 Å². The van der Waals surface area contributed by atoms with Crippen molar-refractivity contribution in [3.63, 3.8) is 0 Å². The lowest BCUT2D eigenvalue weighted by molar-refractivity contribution is -0.143. The average molecular weight is 273 g/mol. The highest BCUT2D eigenvalue weighted by Crippen LogP contribution is 2.28. The monoisotopic (exact) mass is 273 g/mol. The molecule has 1 saturated heterocycles. The second-order valence-corrected chi connectivity index (χ2v) is 6.29. The molecule has 100 valence electrons. The summed E-state index contributed by atoms with van der Waals surface area (Å²) in [6.45, 7) is 1.78. The Morgan fingerprint density at radius 3 is 2.78 bits per heavy atom. The van der Waals surface area contributed by atoms with Gasteiger partial charge in [-0.25, -0.2) is 8.42 Å². The van der Waals surface area contributed by atoms with Gasteiger partial charge in [0.15, 0.2) is 0 Å². The SMILES string of the molecule is CC1CCC(C(=O)O)CN1S(=O)(=O)c1ccco1. The van der Waals surface area contributed by atoms with Crippen LogP contribution in [-0.2, 0) is 14.8 Å². The zero-order valence-electron chi connectivity index (χ0n) is 9.94. The molecular formula is C11H15NO5S. The van der Waals surface area contributed by atoms with Crippen molar-refractivity contribution in [1.29, 1.82) is 0 Å². The van der Waals surface area contributed by atoms with Gasteiger partial charge in [-0.1, -0.05) is 0 Å². The molecule has 7 heteroatoms. The number of piperidine rings is 1. The Morgan fingerprint density at radius 1 is 1.50 bits per heavy atom. The molecule has 2 atom stereocenters. The Balaban J connectivity index is 2.28. The molecule has 1 N–H and O–H groups in total. The average Bonchev–Trinajstić information content (AvgIpc) is 2.82. The smallest absolute Gasteiger partial charge is 0.307 e. The van der Waals surface area contributed by atoms with Gasteiger partial charge in [0.1, 0.15) is 0 Å². The molecule has 0 amide bonds. The van der Waals surface area contributed by atoms with Crippen LogP contribution in [0.25, 0.3) is 0 Å². The second-order valence-electron chi connectivity index (χ2n) is 4.47. The molecule has 0 saturated carbocycles. The Hall–Kier alpha value is -1.34. The molecule has 1 aromatic rings. The fourth-order valence-electron chi connectivity index (χ4n) is 2.14. The summed E-state index contributed by atoms with van der Waals surface area (Å²) in [7, 11) is -3.73. The first-order chi connectivity index (χ1) is 8.43. The number of furan rings is 1. The molecule has 2 heterocycles. The van der Waals surface area contributed by atoms with Crippen LogP contribution < -0.4 is 0 Å². The lowest BCUT2D eigenvalue weighted by atomic mass is 9.96. The van der Waals surface area contributed by atoms with E-state index in [2.05, 4.69) is 0 Å². The van der Waals surface area contributed by atoms with Crippen molar-refractivity contribution in [1.82, 2.24) is 4.31 Å². The number of rotatable bonds is 3. The zero-order valence-corrected chi connectivity index (χ0v) is 10.8. The standard InChI is InChI=1S/C11H15NO5S/c1-8-4-5-9(11(13)14)7-12(8)18(15,16)10-3-2-6-17-10/h2-3,6,8-9H,4-5,7H2,1H3,(H,13,14). The van der Waals surface area contributed by atoms with E-state index in [0.29, 0.717) is 12.8 Å². The van der Waals surface area contributed by atoms with Crippen LogP contribution in [0, 0.1) is 5.92 Å². The largest absolute Gasteiger partial charge is 0.481 e. The number of nitrogens with zero attached hydrogens (tertiary/aromatic N) is 1. The van der Waals surface area contributed by atoms with E-state index in [1.807, 2.05) is 0 Å². The molecule has 1 aromatic heterocycles. The van der Waals surface area contributed by atoms with Crippen LogP contribution in [0.15, 0.2) is 27.9 Å². The fraction of sp³-hybridized carbons (Fsp3) is 0.545. The topological polar surface area (TPSA) is 87.8 Å². The van der Waals surface area contributed by atoms with Crippen LogP contribution in [-0.4, -0.2) is 36.4 Å². The van der Waals surface area contributed by atoms with E-state index in [0.717, 1.165) is 0 Å². The molecule has 0 spiro atoms. The van der Waals surface area contributed by atoms with Crippen LogP contribution in [0.2, 0.25) is 0 Å². The highest BCUT2D eigenvalue weighted by molar-refractivity contribution is 7.89. The number of hydrogen-bond acceptors (Lipinski definition) is 4. The molecule has 2 unspecified atom stereocenters. The van der Waals surface area contributed by atoms with Gasteiger partial charge in [-0.2, -0.15) is 4.31 Å². The first kappa shape index (κ1) is 13.1. The molecule has 0 aromatic carbocycles. The molecule has 1 fully saturated rings. The maximum absolute atomic E-state index is 12.3. The normalized spacial score (nSPS) is 26.1. The van der Waals surface area contributed by atoms with Crippen molar-refractivity contribution < 1.29 is 22.7 Å². The summed E-state index contributed by atoms with van der Waals surface area (Å²) < 4.78 is 30.7. The third-order valence-corrected chi connectivity index (χ3v) is 5.10. The maximum Gasteiger partial charge on any atom is 0.307 e. The fourth-order valence-corrected chi connectivity index (χ4v) is 3.75. The van der Waals surface area contributed by atoms with E-state index >= 15 is 0 Å². The molecule has 6 nitrogen and oxygen atoms in total. The molecule has 0 aliphatic carbocycles. The quantitative estimate of drug-likeness (QED) is 0.892. The molecule has 0 radical (unpaired) electrons. The Kier molecular flexibility index (Phi) is 3.45. The summed E-state index contributed by atoms with van der Waals surface area (Å²) in [5, 5.41) is 8.86. The van der Waals surface area contributed by atoms with Gasteiger partial charge in [0, 0.05) is 12.6 Å². The summed E-state index contributed by atoms with van der Waals surface area (Å²) in [5.41, 5.74) is 0. The van der Waals surface area contributed by atoms with Crippen LogP contribution in [0.4, 0.5) is 0 Å². The second kappa shape index (κ2) is 4.74. The lowest BCUT2D eigenvalue weighted by Crippen LogP contribution is -2.47. The van der Waals surface area contributed by atoms with Crippen LogP contribution >= 0.6 is 0 Å². The molecule has 1 aliphatic rings. The molecule has 0 bridgehead atoms. The lowest BCUT2D eigenvalue weighted by Gasteiger charge is -2.34. The summed E-state index contributed by atoms with van der Waals surface area (Å²) in [6, 6.07) is 2.65. The van der Waals surface area contributed by atoms with Gasteiger partial charge in [-0.3, -0.25) is 4.79 Å². The first-order valence-corrected chi connectivity index (χ1v) is 7.15. The number of carbonyl (C=O) groups is 1. The maximum atomic E-state index is 12.3. The number of carboxylic acid groups (broad SMARTS) is 1. The Labute approximate surface area is 105 Å². The van der Waals surface area contributed by atoms with E-state index in [1.165, 1.54) is 22.7 Å². The van der Waals surface area contributed by atoms with Gasteiger partial charge in [0.2, 0.25) is 5.09 Å². The molecular weight excluding hydrogens is 258 g/mol. The van der Waals surface area contributed by atoms with Crippen molar-refractivity contribution >= 4 is 16.0 Å². The molecule has 18 heavy (non-hydrogen) atoms. The van der Waals surface area contributed by atoms with Crippen LogP contribution in [0.1, 0.15) is 19.8 Å². The summed E-state index contributed by atoms with van der Waals surface area (Å²) in [4.78, 5) is 11.0. The predicted octanol–water partition coefficient (Wildman–Crippen LogP) is 1.15. The van der Waals surface area contributed by atoms with Crippen LogP contribution in [0.3, 0.4) is 0 Å². The van der Waals surface area contributed by atoms with E-state index in [4.69, 9.17) is 9.52 Å². The third-order valence-electron chi connectivity index (χ3n) is 3.23. The van der Waals surface area contributed by atoms with Gasteiger partial charge in [-0.15, -0.1) is 0 Å². The van der Waals surface area contributed by atoms with Crippen molar-refractivity contribution in [2.75, 3.05) is 6.54 Å². The van der Waals surface area contributed by atoms with E-state index in [1.54, 1.807) is 6.92 Å². The van der Waals surface area contributed by atoms with Crippen molar-refractivity contribution in [3.05, 3.63) is 18.4 Å². The van der Waals surface area contributed by atoms with Crippen LogP contribution in [0.5, 0.6) is 0 Å². The highest BCUT2D eigenvalue weighted by Gasteiger charge is 2.38. The van der Waals surface area contributed by atoms with E-state index in [9.17, 15) is 13.2 Å². The van der Waals surface area contributed by atoms with E-state index < -0.39 is 21.9 Å². The highest BCUT2D eigenvalue weighted by atomic mass is 32.2. The number of carboxylic acids is 1. The van der Waals surface area contributed by atoms with Gasteiger partial charge in [0.05, 0.1) is 12.2 Å². The summed E-state index contributed by atoms with van der Waals surface area (Å²) in [6.07, 6.45) is 2.33. The zero-order chi connectivity index (χ0) is 13.3. The summed E-state index contributed by atoms with van der Waals surface area (Å²) >= 11 is 0. The number of aliphatic carboxylic acids is 1. The summed E-state index contributed by atoms with van der Waals surface area (Å²) in [5.74, 6) is -1.60. The minimum Gasteiger partial charge on any atom is -0.481 e. The minimum absolute atomic E-state index is 0.000463. The molecule has 2 rings (SSSR count). The van der Waals surface area contributed by atoms with Crippen molar-refractivity contribution in [3.8, 4) is 0 Å². The Morgan fingerprint density at radius 2 is 2.22 bits per heavy atom. The first-order valence-electron chi connectivity index (χ1n) is 5.71. The third kappa shape index (κ3) is 2.28. The number of sulfonamides is 1. The van der Waals surface area contributed by atoms with Crippen molar-refractivity contribution in [2.24, 2.45) is 5.92 Å². The van der Waals surface area contributed by atoms with Gasteiger partial charge >= 0.3 is 5.97 Å². The van der Waals surface area contributed by atoms with Crippen molar-refractivity contribution in [2.45, 2.75) is 30.9 Å². The minimum atomic E-state index is -3.73.